The number of halogens is 1. The molecule has 26 heavy (non-hydrogen) atoms. The molecule has 1 saturated heterocycles. The summed E-state index contributed by atoms with van der Waals surface area (Å²) in [7, 11) is 3.02. The molecule has 0 N–H and O–H groups in total. The van der Waals surface area contributed by atoms with Gasteiger partial charge in [0.25, 0.3) is 11.1 Å². The first-order valence-corrected chi connectivity index (χ1v) is 9.30. The maximum atomic E-state index is 12.6. The van der Waals surface area contributed by atoms with Gasteiger partial charge in [-0.25, -0.2) is 4.79 Å². The van der Waals surface area contributed by atoms with Crippen molar-refractivity contribution in [2.45, 2.75) is 19.9 Å². The van der Waals surface area contributed by atoms with Crippen LogP contribution in [0.3, 0.4) is 0 Å². The number of amides is 2. The van der Waals surface area contributed by atoms with Crippen LogP contribution in [0, 0.1) is 0 Å². The number of imide groups is 1. The van der Waals surface area contributed by atoms with Crippen LogP contribution in [0.25, 0.3) is 6.08 Å². The molecule has 0 unspecified atom stereocenters. The molecule has 1 aliphatic heterocycles. The Bertz CT molecular complexity index is 779. The van der Waals surface area contributed by atoms with E-state index in [0.717, 1.165) is 16.7 Å². The number of thioether (sulfide) groups is 1. The summed E-state index contributed by atoms with van der Waals surface area (Å²) in [6, 6.07) is 2.40. The number of esters is 1. The Balaban J connectivity index is 2.36. The van der Waals surface area contributed by atoms with Crippen molar-refractivity contribution in [3.8, 4) is 11.5 Å². The predicted molar refractivity (Wildman–Crippen MR) is 101 cm³/mol. The van der Waals surface area contributed by atoms with Gasteiger partial charge in [0.15, 0.2) is 0 Å². The van der Waals surface area contributed by atoms with Gasteiger partial charge in [-0.3, -0.25) is 14.5 Å². The number of ether oxygens (including phenoxy) is 3. The monoisotopic (exact) mass is 443 g/mol. The van der Waals surface area contributed by atoms with E-state index in [4.69, 9.17) is 14.2 Å². The van der Waals surface area contributed by atoms with Crippen molar-refractivity contribution >= 4 is 50.9 Å². The highest BCUT2D eigenvalue weighted by Gasteiger charge is 2.41. The lowest BCUT2D eigenvalue weighted by Gasteiger charge is -2.19. The van der Waals surface area contributed by atoms with Gasteiger partial charge < -0.3 is 14.2 Å². The molecule has 9 heteroatoms. The maximum absolute atomic E-state index is 12.6. The zero-order chi connectivity index (χ0) is 19.4. The van der Waals surface area contributed by atoms with Crippen molar-refractivity contribution in [2.75, 3.05) is 20.8 Å². The number of hydrogen-bond acceptors (Lipinski definition) is 7. The number of rotatable bonds is 6. The highest BCUT2D eigenvalue weighted by atomic mass is 79.9. The fraction of sp³-hybridized carbons (Fsp3) is 0.353. The average molecular weight is 444 g/mol. The van der Waals surface area contributed by atoms with Gasteiger partial charge in [-0.1, -0.05) is 0 Å². The summed E-state index contributed by atoms with van der Waals surface area (Å²) in [5.41, 5.74) is 0.592. The number of hydrogen-bond donors (Lipinski definition) is 0. The summed E-state index contributed by atoms with van der Waals surface area (Å²) in [6.07, 6.45) is 1.55. The molecule has 1 fully saturated rings. The zero-order valence-electron chi connectivity index (χ0n) is 14.7. The van der Waals surface area contributed by atoms with Crippen LogP contribution in [-0.2, 0) is 14.3 Å². The van der Waals surface area contributed by atoms with Crippen molar-refractivity contribution in [3.05, 3.63) is 27.1 Å². The van der Waals surface area contributed by atoms with E-state index in [2.05, 4.69) is 15.9 Å². The van der Waals surface area contributed by atoms with Gasteiger partial charge in [0.2, 0.25) is 0 Å². The predicted octanol–water partition coefficient (Wildman–Crippen LogP) is 3.45. The molecule has 0 radical (unpaired) electrons. The molecule has 1 heterocycles. The van der Waals surface area contributed by atoms with E-state index < -0.39 is 23.2 Å². The molecular weight excluding hydrogens is 426 g/mol. The standard InChI is InChI=1S/C17H18BrNO6S/c1-5-25-16(21)9(2)19-15(20)14(26-17(19)22)7-10-6-11(18)13(24-4)8-12(10)23-3/h6-9H,5H2,1-4H3/b14-7+/t9-/m1/s1. The molecule has 0 aliphatic carbocycles. The quantitative estimate of drug-likeness (QED) is 0.491. The van der Waals surface area contributed by atoms with E-state index in [0.29, 0.717) is 21.5 Å². The molecular formula is C17H18BrNO6S. The Morgan fingerprint density at radius 2 is 1.92 bits per heavy atom. The number of carbonyl (C=O) groups excluding carboxylic acids is 3. The number of benzene rings is 1. The maximum Gasteiger partial charge on any atom is 0.329 e. The molecule has 7 nitrogen and oxygen atoms in total. The number of carbonyl (C=O) groups is 3. The second-order valence-electron chi connectivity index (χ2n) is 5.21. The minimum atomic E-state index is -0.988. The Morgan fingerprint density at radius 3 is 2.50 bits per heavy atom. The van der Waals surface area contributed by atoms with E-state index in [1.54, 1.807) is 25.1 Å². The molecule has 1 atom stereocenters. The van der Waals surface area contributed by atoms with Crippen LogP contribution in [0.2, 0.25) is 0 Å². The zero-order valence-corrected chi connectivity index (χ0v) is 17.1. The first-order chi connectivity index (χ1) is 12.3. The summed E-state index contributed by atoms with van der Waals surface area (Å²) >= 11 is 4.14. The van der Waals surface area contributed by atoms with Gasteiger partial charge >= 0.3 is 5.97 Å². The molecule has 1 aromatic rings. The van der Waals surface area contributed by atoms with Crippen LogP contribution < -0.4 is 9.47 Å². The van der Waals surface area contributed by atoms with Crippen molar-refractivity contribution in [3.63, 3.8) is 0 Å². The van der Waals surface area contributed by atoms with Crippen molar-refractivity contribution < 1.29 is 28.6 Å². The fourth-order valence-electron chi connectivity index (χ4n) is 2.32. The average Bonchev–Trinajstić information content (AvgIpc) is 2.88. The Morgan fingerprint density at radius 1 is 1.27 bits per heavy atom. The summed E-state index contributed by atoms with van der Waals surface area (Å²) in [5.74, 6) is -0.117. The van der Waals surface area contributed by atoms with Crippen LogP contribution in [0.1, 0.15) is 19.4 Å². The van der Waals surface area contributed by atoms with E-state index in [-0.39, 0.29) is 11.5 Å². The third kappa shape index (κ3) is 4.04. The van der Waals surface area contributed by atoms with Crippen LogP contribution in [-0.4, -0.2) is 48.9 Å². The van der Waals surface area contributed by atoms with Crippen LogP contribution in [0.15, 0.2) is 21.5 Å². The third-order valence-electron chi connectivity index (χ3n) is 3.63. The van der Waals surface area contributed by atoms with Crippen LogP contribution in [0.5, 0.6) is 11.5 Å². The number of nitrogens with zero attached hydrogens (tertiary/aromatic N) is 1. The molecule has 140 valence electrons. The minimum absolute atomic E-state index is 0.173. The first-order valence-electron chi connectivity index (χ1n) is 7.69. The Labute approximate surface area is 163 Å². The molecule has 2 amide bonds. The second kappa shape index (κ2) is 8.59. The lowest BCUT2D eigenvalue weighted by molar-refractivity contribution is -0.150. The lowest BCUT2D eigenvalue weighted by Crippen LogP contribution is -2.42. The van der Waals surface area contributed by atoms with Crippen LogP contribution >= 0.6 is 27.7 Å². The highest BCUT2D eigenvalue weighted by Crippen LogP contribution is 2.38. The van der Waals surface area contributed by atoms with Gasteiger partial charge in [-0.2, -0.15) is 0 Å². The lowest BCUT2D eigenvalue weighted by atomic mass is 10.1. The normalized spacial score (nSPS) is 16.8. The van der Waals surface area contributed by atoms with Gasteiger partial charge in [0.05, 0.1) is 30.2 Å². The van der Waals surface area contributed by atoms with E-state index in [1.807, 2.05) is 0 Å². The molecule has 2 rings (SSSR count). The van der Waals surface area contributed by atoms with E-state index in [1.165, 1.54) is 21.1 Å². The Kier molecular flexibility index (Phi) is 6.71. The topological polar surface area (TPSA) is 82.1 Å². The molecule has 0 spiro atoms. The van der Waals surface area contributed by atoms with Gasteiger partial charge in [-0.05, 0) is 53.7 Å². The molecule has 0 saturated carbocycles. The van der Waals surface area contributed by atoms with Gasteiger partial charge in [-0.15, -0.1) is 0 Å². The number of methoxy groups -OCH3 is 2. The van der Waals surface area contributed by atoms with E-state index in [9.17, 15) is 14.4 Å². The molecule has 0 aromatic heterocycles. The van der Waals surface area contributed by atoms with Crippen LogP contribution in [0.4, 0.5) is 4.79 Å². The second-order valence-corrected chi connectivity index (χ2v) is 7.06. The molecule has 1 aromatic carbocycles. The summed E-state index contributed by atoms with van der Waals surface area (Å²) < 4.78 is 16.1. The Hall–Kier alpha value is -2.00. The van der Waals surface area contributed by atoms with Gasteiger partial charge in [0.1, 0.15) is 17.5 Å². The smallest absolute Gasteiger partial charge is 0.329 e. The summed E-state index contributed by atoms with van der Waals surface area (Å²) in [6.45, 7) is 3.29. The summed E-state index contributed by atoms with van der Waals surface area (Å²) in [5, 5.41) is -0.520. The molecule has 0 bridgehead atoms. The first kappa shape index (κ1) is 20.3. The highest BCUT2D eigenvalue weighted by molar-refractivity contribution is 9.10. The largest absolute Gasteiger partial charge is 0.496 e. The van der Waals surface area contributed by atoms with Crippen molar-refractivity contribution in [1.82, 2.24) is 4.90 Å². The van der Waals surface area contributed by atoms with Crippen molar-refractivity contribution in [2.24, 2.45) is 0 Å². The molecule has 1 aliphatic rings. The van der Waals surface area contributed by atoms with E-state index >= 15 is 0 Å². The minimum Gasteiger partial charge on any atom is -0.496 e. The summed E-state index contributed by atoms with van der Waals surface area (Å²) in [4.78, 5) is 37.8. The van der Waals surface area contributed by atoms with Crippen molar-refractivity contribution in [1.29, 1.82) is 0 Å². The SMILES string of the molecule is CCOC(=O)[C@@H](C)N1C(=O)S/C(=C/c2cc(Br)c(OC)cc2OC)C1=O. The fourth-order valence-corrected chi connectivity index (χ4v) is 3.74. The van der Waals surface area contributed by atoms with Gasteiger partial charge in [0, 0.05) is 11.6 Å². The third-order valence-corrected chi connectivity index (χ3v) is 5.13.